The summed E-state index contributed by atoms with van der Waals surface area (Å²) in [6, 6.07) is 14.2. The monoisotopic (exact) mass is 379 g/mol. The average Bonchev–Trinajstić information content (AvgIpc) is 2.63. The number of hydrogen-bond donors (Lipinski definition) is 1. The summed E-state index contributed by atoms with van der Waals surface area (Å²) >= 11 is 0. The van der Waals surface area contributed by atoms with Crippen LogP contribution in [0.25, 0.3) is 5.57 Å². The molecule has 2 aromatic rings. The molecule has 0 fully saturated rings. The number of aromatic hydroxyl groups is 1. The third-order valence-electron chi connectivity index (χ3n) is 4.16. The van der Waals surface area contributed by atoms with Gasteiger partial charge in [-0.3, -0.25) is 0 Å². The van der Waals surface area contributed by atoms with Crippen molar-refractivity contribution in [2.45, 2.75) is 11.3 Å². The molecule has 0 radical (unpaired) electrons. The van der Waals surface area contributed by atoms with Gasteiger partial charge >= 0.3 is 0 Å². The highest BCUT2D eigenvalue weighted by Crippen LogP contribution is 2.37. The van der Waals surface area contributed by atoms with Gasteiger partial charge < -0.3 is 10.0 Å². The smallest absolute Gasteiger partial charge is 0.179 e. The van der Waals surface area contributed by atoms with E-state index in [1.807, 2.05) is 37.2 Å². The van der Waals surface area contributed by atoms with Gasteiger partial charge in [0, 0.05) is 12.1 Å². The minimum absolute atomic E-state index is 0. The van der Waals surface area contributed by atoms with Crippen molar-refractivity contribution in [1.29, 1.82) is 0 Å². The number of fused-ring (bicyclic) bond motifs is 1. The Morgan fingerprint density at radius 1 is 1.08 bits per heavy atom. The summed E-state index contributed by atoms with van der Waals surface area (Å²) in [5.41, 5.74) is 3.55. The molecule has 1 aliphatic heterocycles. The number of nitrogens with zero attached hydrogens (tertiary/aromatic N) is 1. The van der Waals surface area contributed by atoms with Crippen molar-refractivity contribution in [2.24, 2.45) is 0 Å². The number of hydrogen-bond acceptors (Lipinski definition) is 4. The van der Waals surface area contributed by atoms with Gasteiger partial charge in [0.25, 0.3) is 0 Å². The van der Waals surface area contributed by atoms with Crippen molar-refractivity contribution in [3.8, 4) is 5.75 Å². The molecule has 0 unspecified atom stereocenters. The average molecular weight is 380 g/mol. The SMILES string of the molecule is CN(C)CC1=C(c2cccc(O)c2)c2ccccc2S(=O)(=O)CC1.Cl. The molecule has 1 N–H and O–H groups in total. The molecule has 3 rings (SSSR count). The van der Waals surface area contributed by atoms with Crippen LogP contribution in [0.3, 0.4) is 0 Å². The van der Waals surface area contributed by atoms with E-state index in [-0.39, 0.29) is 23.9 Å². The number of sulfone groups is 1. The number of likely N-dealkylation sites (N-methyl/N-ethyl adjacent to an activating group) is 1. The Morgan fingerprint density at radius 3 is 2.48 bits per heavy atom. The maximum Gasteiger partial charge on any atom is 0.179 e. The predicted molar refractivity (Wildman–Crippen MR) is 103 cm³/mol. The van der Waals surface area contributed by atoms with E-state index in [1.165, 1.54) is 0 Å². The molecule has 0 bridgehead atoms. The molecule has 0 aliphatic carbocycles. The highest BCUT2D eigenvalue weighted by molar-refractivity contribution is 7.91. The van der Waals surface area contributed by atoms with Gasteiger partial charge in [-0.1, -0.05) is 30.3 Å². The van der Waals surface area contributed by atoms with E-state index in [0.717, 1.165) is 22.3 Å². The third kappa shape index (κ3) is 4.06. The van der Waals surface area contributed by atoms with Crippen molar-refractivity contribution < 1.29 is 13.5 Å². The number of phenols is 1. The molecule has 0 atom stereocenters. The first-order valence-corrected chi connectivity index (χ1v) is 9.52. The second-order valence-corrected chi connectivity index (χ2v) is 8.41. The molecular weight excluding hydrogens is 358 g/mol. The van der Waals surface area contributed by atoms with Crippen LogP contribution >= 0.6 is 12.4 Å². The van der Waals surface area contributed by atoms with Gasteiger partial charge in [0.05, 0.1) is 10.6 Å². The van der Waals surface area contributed by atoms with E-state index in [1.54, 1.807) is 30.3 Å². The minimum Gasteiger partial charge on any atom is -0.508 e. The summed E-state index contributed by atoms with van der Waals surface area (Å²) in [6.45, 7) is 0.675. The van der Waals surface area contributed by atoms with Crippen LogP contribution in [0.4, 0.5) is 0 Å². The van der Waals surface area contributed by atoms with Crippen LogP contribution in [-0.4, -0.2) is 44.8 Å². The number of halogens is 1. The Balaban J connectivity index is 0.00000225. The Morgan fingerprint density at radius 2 is 1.80 bits per heavy atom. The summed E-state index contributed by atoms with van der Waals surface area (Å²) in [7, 11) is 0.620. The standard InChI is InChI=1S/C19H21NO3S.ClH/c1-20(2)13-15-10-11-24(22,23)18-9-4-3-8-17(18)19(15)14-6-5-7-16(21)12-14;/h3-9,12,21H,10-11,13H2,1-2H3;1H. The molecule has 1 heterocycles. The minimum atomic E-state index is -3.32. The quantitative estimate of drug-likeness (QED) is 0.888. The normalized spacial score (nSPS) is 16.1. The molecule has 25 heavy (non-hydrogen) atoms. The molecule has 0 amide bonds. The van der Waals surface area contributed by atoms with Crippen LogP contribution in [0.2, 0.25) is 0 Å². The Labute approximate surface area is 155 Å². The molecular formula is C19H22ClNO3S. The van der Waals surface area contributed by atoms with Gasteiger partial charge in [0.15, 0.2) is 9.84 Å². The van der Waals surface area contributed by atoms with E-state index in [2.05, 4.69) is 0 Å². The lowest BCUT2D eigenvalue weighted by Gasteiger charge is -2.18. The van der Waals surface area contributed by atoms with Crippen LogP contribution in [0.15, 0.2) is 59.0 Å². The fraction of sp³-hybridized carbons (Fsp3) is 0.263. The van der Waals surface area contributed by atoms with E-state index < -0.39 is 9.84 Å². The maximum atomic E-state index is 12.7. The number of rotatable bonds is 3. The third-order valence-corrected chi connectivity index (χ3v) is 5.93. The molecule has 2 aromatic carbocycles. The summed E-state index contributed by atoms with van der Waals surface area (Å²) in [4.78, 5) is 2.41. The van der Waals surface area contributed by atoms with Gasteiger partial charge in [-0.05, 0) is 55.4 Å². The number of phenolic OH excluding ortho intramolecular Hbond substituents is 1. The highest BCUT2D eigenvalue weighted by Gasteiger charge is 2.27. The molecule has 0 saturated carbocycles. The molecule has 1 aliphatic rings. The predicted octanol–water partition coefficient (Wildman–Crippen LogP) is 3.35. The fourth-order valence-electron chi connectivity index (χ4n) is 3.19. The molecule has 0 saturated heterocycles. The fourth-order valence-corrected chi connectivity index (χ4v) is 4.71. The van der Waals surface area contributed by atoms with Crippen molar-refractivity contribution in [2.75, 3.05) is 26.4 Å². The topological polar surface area (TPSA) is 57.6 Å². The zero-order valence-electron chi connectivity index (χ0n) is 14.3. The molecule has 6 heteroatoms. The van der Waals surface area contributed by atoms with Gasteiger partial charge in [0.1, 0.15) is 5.75 Å². The summed E-state index contributed by atoms with van der Waals surface area (Å²) < 4.78 is 25.4. The molecule has 0 spiro atoms. The Kier molecular flexibility index (Phi) is 5.93. The molecule has 4 nitrogen and oxygen atoms in total. The van der Waals surface area contributed by atoms with Crippen molar-refractivity contribution in [3.63, 3.8) is 0 Å². The van der Waals surface area contributed by atoms with Crippen molar-refractivity contribution in [3.05, 3.63) is 65.2 Å². The second kappa shape index (κ2) is 7.60. The van der Waals surface area contributed by atoms with E-state index in [4.69, 9.17) is 0 Å². The van der Waals surface area contributed by atoms with Crippen LogP contribution < -0.4 is 0 Å². The van der Waals surface area contributed by atoms with Crippen molar-refractivity contribution in [1.82, 2.24) is 4.90 Å². The second-order valence-electron chi connectivity index (χ2n) is 6.33. The van der Waals surface area contributed by atoms with E-state index in [9.17, 15) is 13.5 Å². The van der Waals surface area contributed by atoms with Crippen LogP contribution in [0.1, 0.15) is 17.5 Å². The van der Waals surface area contributed by atoms with Gasteiger partial charge in [-0.25, -0.2) is 8.42 Å². The van der Waals surface area contributed by atoms with Crippen LogP contribution in [-0.2, 0) is 9.84 Å². The first-order valence-electron chi connectivity index (χ1n) is 7.87. The zero-order valence-corrected chi connectivity index (χ0v) is 15.9. The van der Waals surface area contributed by atoms with E-state index in [0.29, 0.717) is 17.9 Å². The Hall–Kier alpha value is -1.82. The molecule has 0 aromatic heterocycles. The molecule has 134 valence electrons. The lowest BCUT2D eigenvalue weighted by molar-refractivity contribution is 0.441. The first-order chi connectivity index (χ1) is 11.4. The first kappa shape index (κ1) is 19.5. The summed E-state index contributed by atoms with van der Waals surface area (Å²) in [5.74, 6) is 0.281. The van der Waals surface area contributed by atoms with Gasteiger partial charge in [0.2, 0.25) is 0 Å². The lowest BCUT2D eigenvalue weighted by Crippen LogP contribution is -2.17. The Bertz CT molecular complexity index is 904. The summed E-state index contributed by atoms with van der Waals surface area (Å²) in [5, 5.41) is 9.88. The summed E-state index contributed by atoms with van der Waals surface area (Å²) in [6.07, 6.45) is 0.486. The zero-order chi connectivity index (χ0) is 17.3. The van der Waals surface area contributed by atoms with Crippen molar-refractivity contribution >= 4 is 27.8 Å². The lowest BCUT2D eigenvalue weighted by atomic mass is 9.91. The van der Waals surface area contributed by atoms with E-state index >= 15 is 0 Å². The largest absolute Gasteiger partial charge is 0.508 e. The highest BCUT2D eigenvalue weighted by atomic mass is 35.5. The number of benzene rings is 2. The van der Waals surface area contributed by atoms with Gasteiger partial charge in [-0.2, -0.15) is 0 Å². The maximum absolute atomic E-state index is 12.7. The van der Waals surface area contributed by atoms with Gasteiger partial charge in [-0.15, -0.1) is 12.4 Å². The van der Waals surface area contributed by atoms with Crippen LogP contribution in [0.5, 0.6) is 5.75 Å². The van der Waals surface area contributed by atoms with Crippen LogP contribution in [0, 0.1) is 0 Å².